The molecule has 0 N–H and O–H groups in total. The van der Waals surface area contributed by atoms with E-state index in [1.807, 2.05) is 0 Å². The lowest BCUT2D eigenvalue weighted by Gasteiger charge is -2.30. The molecule has 1 aliphatic rings. The van der Waals surface area contributed by atoms with Gasteiger partial charge < -0.3 is 0 Å². The molecule has 0 saturated heterocycles. The summed E-state index contributed by atoms with van der Waals surface area (Å²) in [7, 11) is 0. The Morgan fingerprint density at radius 3 is 2.78 bits per heavy atom. The van der Waals surface area contributed by atoms with Crippen molar-refractivity contribution in [2.45, 2.75) is 36.3 Å². The van der Waals surface area contributed by atoms with E-state index in [1.165, 1.54) is 23.9 Å². The molecule has 96 valence electrons. The first kappa shape index (κ1) is 13.4. The number of benzene rings is 1. The van der Waals surface area contributed by atoms with Crippen LogP contribution in [0.4, 0.5) is 8.78 Å². The Morgan fingerprint density at radius 1 is 1.33 bits per heavy atom. The number of hydrogen-bond donors (Lipinski definition) is 0. The summed E-state index contributed by atoms with van der Waals surface area (Å²) >= 11 is 1.37. The molecule has 1 aromatic rings. The molecule has 4 heteroatoms. The van der Waals surface area contributed by atoms with Crippen LogP contribution in [-0.4, -0.2) is 5.25 Å². The second kappa shape index (κ2) is 5.71. The van der Waals surface area contributed by atoms with Crippen molar-refractivity contribution in [2.75, 3.05) is 0 Å². The highest BCUT2D eigenvalue weighted by atomic mass is 32.2. The number of hydrogen-bond acceptors (Lipinski definition) is 2. The van der Waals surface area contributed by atoms with Gasteiger partial charge in [-0.15, -0.1) is 11.8 Å². The lowest BCUT2D eigenvalue weighted by Crippen LogP contribution is -2.25. The fourth-order valence-electron chi connectivity index (χ4n) is 2.34. The predicted molar refractivity (Wildman–Crippen MR) is 68.1 cm³/mol. The monoisotopic (exact) mass is 267 g/mol. The molecular formula is C14H15F2NS. The summed E-state index contributed by atoms with van der Waals surface area (Å²) in [5.74, 6) is -0.563. The summed E-state index contributed by atoms with van der Waals surface area (Å²) in [4.78, 5) is 0.441. The molecule has 0 heterocycles. The van der Waals surface area contributed by atoms with Crippen molar-refractivity contribution in [1.82, 2.24) is 0 Å². The Hall–Kier alpha value is -1.08. The average Bonchev–Trinajstić information content (AvgIpc) is 2.33. The molecule has 0 aliphatic heterocycles. The van der Waals surface area contributed by atoms with Crippen LogP contribution in [0, 0.1) is 34.8 Å². The maximum absolute atomic E-state index is 13.6. The zero-order valence-electron chi connectivity index (χ0n) is 10.2. The lowest BCUT2D eigenvalue weighted by atomic mass is 9.83. The lowest BCUT2D eigenvalue weighted by molar-refractivity contribution is 0.345. The number of thioether (sulfide) groups is 1. The Labute approximate surface area is 110 Å². The Morgan fingerprint density at radius 2 is 2.11 bits per heavy atom. The Bertz CT molecular complexity index is 469. The molecular weight excluding hydrogens is 252 g/mol. The fraction of sp³-hybridized carbons (Fsp3) is 0.500. The van der Waals surface area contributed by atoms with Gasteiger partial charge in [-0.2, -0.15) is 5.26 Å². The first-order valence-electron chi connectivity index (χ1n) is 6.11. The van der Waals surface area contributed by atoms with Crippen molar-refractivity contribution < 1.29 is 8.78 Å². The van der Waals surface area contributed by atoms with Gasteiger partial charge in [-0.3, -0.25) is 0 Å². The molecule has 2 rings (SSSR count). The Balaban J connectivity index is 2.13. The van der Waals surface area contributed by atoms with E-state index in [1.54, 1.807) is 0 Å². The van der Waals surface area contributed by atoms with Gasteiger partial charge in [-0.1, -0.05) is 6.92 Å². The average molecular weight is 267 g/mol. The van der Waals surface area contributed by atoms with Crippen LogP contribution < -0.4 is 0 Å². The highest BCUT2D eigenvalue weighted by Crippen LogP contribution is 2.40. The molecule has 3 atom stereocenters. The van der Waals surface area contributed by atoms with Gasteiger partial charge in [-0.05, 0) is 37.3 Å². The van der Waals surface area contributed by atoms with E-state index in [4.69, 9.17) is 5.26 Å². The molecule has 1 aromatic carbocycles. The second-order valence-corrected chi connectivity index (χ2v) is 6.17. The van der Waals surface area contributed by atoms with E-state index in [2.05, 4.69) is 13.0 Å². The molecule has 0 aromatic heterocycles. The van der Waals surface area contributed by atoms with Crippen LogP contribution >= 0.6 is 11.8 Å². The third-order valence-corrected chi connectivity index (χ3v) is 4.80. The highest BCUT2D eigenvalue weighted by molar-refractivity contribution is 8.00. The standard InChI is InChI=1S/C14H15F2NS/c1-9-2-3-10(8-17)14(6-9)18-13-5-4-11(15)7-12(13)16/h4-5,7,9-10,14H,2-3,6H2,1H3. The van der Waals surface area contributed by atoms with Crippen LogP contribution in [0.25, 0.3) is 0 Å². The van der Waals surface area contributed by atoms with Crippen LogP contribution in [0.3, 0.4) is 0 Å². The van der Waals surface area contributed by atoms with Gasteiger partial charge >= 0.3 is 0 Å². The van der Waals surface area contributed by atoms with E-state index >= 15 is 0 Å². The maximum atomic E-state index is 13.6. The molecule has 1 aliphatic carbocycles. The van der Waals surface area contributed by atoms with E-state index in [0.29, 0.717) is 10.8 Å². The maximum Gasteiger partial charge on any atom is 0.139 e. The van der Waals surface area contributed by atoms with E-state index in [9.17, 15) is 8.78 Å². The number of rotatable bonds is 2. The van der Waals surface area contributed by atoms with E-state index in [0.717, 1.165) is 25.3 Å². The minimum Gasteiger partial charge on any atom is -0.207 e. The minimum atomic E-state index is -0.564. The van der Waals surface area contributed by atoms with Gasteiger partial charge in [0.1, 0.15) is 11.6 Å². The van der Waals surface area contributed by atoms with Crippen molar-refractivity contribution in [3.8, 4) is 6.07 Å². The zero-order chi connectivity index (χ0) is 13.1. The van der Waals surface area contributed by atoms with E-state index in [-0.39, 0.29) is 11.2 Å². The smallest absolute Gasteiger partial charge is 0.139 e. The largest absolute Gasteiger partial charge is 0.207 e. The summed E-state index contributed by atoms with van der Waals surface area (Å²) in [6.07, 6.45) is 2.85. The SMILES string of the molecule is CC1CCC(C#N)C(Sc2ccc(F)cc2F)C1. The molecule has 1 fully saturated rings. The summed E-state index contributed by atoms with van der Waals surface area (Å²) in [6, 6.07) is 5.93. The molecule has 3 unspecified atom stereocenters. The van der Waals surface area contributed by atoms with Gasteiger partial charge in [0.2, 0.25) is 0 Å². The van der Waals surface area contributed by atoms with Crippen LogP contribution in [0.2, 0.25) is 0 Å². The van der Waals surface area contributed by atoms with Gasteiger partial charge in [0.25, 0.3) is 0 Å². The summed E-state index contributed by atoms with van der Waals surface area (Å²) in [5, 5.41) is 9.23. The van der Waals surface area contributed by atoms with Gasteiger partial charge in [0.15, 0.2) is 0 Å². The van der Waals surface area contributed by atoms with Crippen LogP contribution in [0.15, 0.2) is 23.1 Å². The second-order valence-electron chi connectivity index (χ2n) is 4.88. The number of nitriles is 1. The summed E-state index contributed by atoms with van der Waals surface area (Å²) in [6.45, 7) is 2.15. The minimum absolute atomic E-state index is 0.0318. The molecule has 1 saturated carbocycles. The van der Waals surface area contributed by atoms with Crippen LogP contribution in [0.5, 0.6) is 0 Å². The predicted octanol–water partition coefficient (Wildman–Crippen LogP) is 4.39. The van der Waals surface area contributed by atoms with Crippen LogP contribution in [-0.2, 0) is 0 Å². The fourth-order valence-corrected chi connectivity index (χ4v) is 3.77. The quantitative estimate of drug-likeness (QED) is 0.793. The first-order valence-corrected chi connectivity index (χ1v) is 6.99. The zero-order valence-corrected chi connectivity index (χ0v) is 11.0. The van der Waals surface area contributed by atoms with Gasteiger partial charge in [0.05, 0.1) is 12.0 Å². The molecule has 0 bridgehead atoms. The molecule has 0 amide bonds. The molecule has 18 heavy (non-hydrogen) atoms. The first-order chi connectivity index (χ1) is 8.60. The summed E-state index contributed by atoms with van der Waals surface area (Å²) < 4.78 is 26.4. The molecule has 0 spiro atoms. The third-order valence-electron chi connectivity index (χ3n) is 3.39. The van der Waals surface area contributed by atoms with Gasteiger partial charge in [-0.25, -0.2) is 8.78 Å². The van der Waals surface area contributed by atoms with Crippen molar-refractivity contribution in [1.29, 1.82) is 5.26 Å². The molecule has 0 radical (unpaired) electrons. The van der Waals surface area contributed by atoms with Crippen LogP contribution in [0.1, 0.15) is 26.2 Å². The summed E-state index contributed by atoms with van der Waals surface area (Å²) in [5.41, 5.74) is 0. The van der Waals surface area contributed by atoms with Crippen molar-refractivity contribution >= 4 is 11.8 Å². The molecule has 1 nitrogen and oxygen atoms in total. The number of nitrogens with zero attached hydrogens (tertiary/aromatic N) is 1. The van der Waals surface area contributed by atoms with Crippen molar-refractivity contribution in [3.63, 3.8) is 0 Å². The highest BCUT2D eigenvalue weighted by Gasteiger charge is 2.30. The van der Waals surface area contributed by atoms with Crippen molar-refractivity contribution in [3.05, 3.63) is 29.8 Å². The topological polar surface area (TPSA) is 23.8 Å². The Kier molecular flexibility index (Phi) is 4.23. The number of halogens is 2. The van der Waals surface area contributed by atoms with Crippen molar-refractivity contribution in [2.24, 2.45) is 11.8 Å². The van der Waals surface area contributed by atoms with Gasteiger partial charge in [0, 0.05) is 16.2 Å². The third kappa shape index (κ3) is 3.02. The van der Waals surface area contributed by atoms with E-state index < -0.39 is 11.6 Å². The normalized spacial score (nSPS) is 27.8.